The van der Waals surface area contributed by atoms with Gasteiger partial charge in [0.1, 0.15) is 89.4 Å². The number of aliphatic hydroxyl groups excluding tert-OH is 7. The van der Waals surface area contributed by atoms with E-state index >= 15 is 0 Å². The molecule has 2 saturated heterocycles. The predicted molar refractivity (Wildman–Crippen MR) is 181 cm³/mol. The highest BCUT2D eigenvalue weighted by Crippen LogP contribution is 2.38. The summed E-state index contributed by atoms with van der Waals surface area (Å²) in [6.07, 6.45) is -14.4. The fraction of sp³-hybridized carbons (Fsp3) is 0.333. The van der Waals surface area contributed by atoms with E-state index < -0.39 is 109 Å². The molecule has 0 saturated carbocycles. The van der Waals surface area contributed by atoms with Crippen molar-refractivity contribution < 1.29 is 84.0 Å². The van der Waals surface area contributed by atoms with Gasteiger partial charge in [0.25, 0.3) is 0 Å². The normalized spacial score (nSPS) is 28.6. The second-order valence-electron chi connectivity index (χ2n) is 12.5. The van der Waals surface area contributed by atoms with E-state index in [-0.39, 0.29) is 28.4 Å². The number of ether oxygens (including phenoxy) is 5. The maximum absolute atomic E-state index is 13.9. The van der Waals surface area contributed by atoms with E-state index in [4.69, 9.17) is 28.1 Å². The van der Waals surface area contributed by atoms with Gasteiger partial charge in [0.05, 0.1) is 6.61 Å². The SMILES string of the molecule is O=C(/C=C/c1ccc(O)cc1)OCC1O[C@@H](Oc2c(-c3ccc(O[C@@H]4OC(CO)[C@@H](O)C(O)C4O)cc3)oc3cc(O)cc(O)c3c2=O)C(O)C(O)[C@@H]1O. The predicted octanol–water partition coefficient (Wildman–Crippen LogP) is -0.802. The van der Waals surface area contributed by atoms with Crippen LogP contribution < -0.4 is 14.9 Å². The Hall–Kier alpha value is -5.28. The van der Waals surface area contributed by atoms with Gasteiger partial charge in [-0.3, -0.25) is 4.79 Å². The number of benzene rings is 3. The van der Waals surface area contributed by atoms with Gasteiger partial charge in [0.2, 0.25) is 23.8 Å². The van der Waals surface area contributed by atoms with Crippen molar-refractivity contribution in [2.45, 2.75) is 61.4 Å². The number of carbonyl (C=O) groups excluding carboxylic acids is 1. The molecule has 0 spiro atoms. The molecule has 1 aromatic heterocycles. The summed E-state index contributed by atoms with van der Waals surface area (Å²) in [6.45, 7) is -1.32. The Morgan fingerprint density at radius 3 is 1.98 bits per heavy atom. The first kappa shape index (κ1) is 38.4. The lowest BCUT2D eigenvalue weighted by atomic mass is 9.99. The molecule has 2 fully saturated rings. The minimum Gasteiger partial charge on any atom is -0.508 e. The molecule has 4 aromatic rings. The van der Waals surface area contributed by atoms with Crippen LogP contribution in [-0.4, -0.2) is 132 Å². The Kier molecular flexibility index (Phi) is 11.4. The molecule has 0 amide bonds. The second kappa shape index (κ2) is 16.0. The topological polar surface area (TPSA) is 296 Å². The number of hydrogen-bond donors (Lipinski definition) is 10. The Morgan fingerprint density at radius 1 is 0.722 bits per heavy atom. The molecule has 0 bridgehead atoms. The lowest BCUT2D eigenvalue weighted by Crippen LogP contribution is -2.60. The van der Waals surface area contributed by atoms with Crippen molar-refractivity contribution in [3.05, 3.63) is 82.5 Å². The van der Waals surface area contributed by atoms with Crippen LogP contribution in [0.25, 0.3) is 28.4 Å². The van der Waals surface area contributed by atoms with Crippen molar-refractivity contribution in [1.82, 2.24) is 0 Å². The van der Waals surface area contributed by atoms with Crippen LogP contribution in [0.15, 0.2) is 76.0 Å². The molecule has 2 aliphatic heterocycles. The van der Waals surface area contributed by atoms with Gasteiger partial charge in [0.15, 0.2) is 5.76 Å². The molecular weight excluding hydrogens is 720 g/mol. The summed E-state index contributed by atoms with van der Waals surface area (Å²) in [5.74, 6) is -2.94. The van der Waals surface area contributed by atoms with Crippen molar-refractivity contribution in [1.29, 1.82) is 0 Å². The third kappa shape index (κ3) is 7.97. The average Bonchev–Trinajstić information content (AvgIpc) is 3.15. The second-order valence-corrected chi connectivity index (χ2v) is 12.5. The highest BCUT2D eigenvalue weighted by molar-refractivity contribution is 5.88. The largest absolute Gasteiger partial charge is 0.508 e. The van der Waals surface area contributed by atoms with Gasteiger partial charge in [-0.2, -0.15) is 0 Å². The van der Waals surface area contributed by atoms with Gasteiger partial charge in [0, 0.05) is 23.8 Å². The number of hydrogen-bond acceptors (Lipinski definition) is 18. The molecule has 54 heavy (non-hydrogen) atoms. The number of rotatable bonds is 10. The van der Waals surface area contributed by atoms with Crippen LogP contribution in [-0.2, 0) is 19.0 Å². The van der Waals surface area contributed by atoms with Gasteiger partial charge in [-0.05, 0) is 48.0 Å². The summed E-state index contributed by atoms with van der Waals surface area (Å²) in [7, 11) is 0. The molecule has 2 aliphatic rings. The minimum absolute atomic E-state index is 0.0259. The average molecular weight is 757 g/mol. The van der Waals surface area contributed by atoms with E-state index in [2.05, 4.69) is 0 Å². The molecule has 18 nitrogen and oxygen atoms in total. The van der Waals surface area contributed by atoms with E-state index in [1.807, 2.05) is 0 Å². The van der Waals surface area contributed by atoms with E-state index in [1.54, 1.807) is 12.1 Å². The standard InChI is InChI=1S/C36H36O18/c37-13-22-26(42)29(45)31(47)35(52-22)50-19-8-4-16(5-9-19)33-34(28(44)25-20(40)11-18(39)12-21(25)51-33)54-36-32(48)30(46)27(43)23(53-36)14-49-24(41)10-3-15-1-6-17(38)7-2-15/h1-12,22-23,26-27,29-32,35-40,42-43,45-48H,13-14H2/b10-3+/t22?,23?,26-,27-,29?,30?,31?,32?,35-,36+/m1/s1. The summed E-state index contributed by atoms with van der Waals surface area (Å²) in [5.41, 5.74) is -0.630. The zero-order valence-corrected chi connectivity index (χ0v) is 27.9. The molecular formula is C36H36O18. The molecule has 3 heterocycles. The Morgan fingerprint density at radius 2 is 1.33 bits per heavy atom. The summed E-state index contributed by atoms with van der Waals surface area (Å²) in [4.78, 5) is 26.3. The van der Waals surface area contributed by atoms with Crippen LogP contribution in [0.2, 0.25) is 0 Å². The maximum atomic E-state index is 13.9. The van der Waals surface area contributed by atoms with Gasteiger partial charge in [-0.1, -0.05) is 12.1 Å². The molecule has 18 heteroatoms. The summed E-state index contributed by atoms with van der Waals surface area (Å²) in [5, 5.41) is 102. The van der Waals surface area contributed by atoms with Crippen molar-refractivity contribution in [2.75, 3.05) is 13.2 Å². The Bertz CT molecular complexity index is 2030. The lowest BCUT2D eigenvalue weighted by molar-refractivity contribution is -0.278. The van der Waals surface area contributed by atoms with Crippen LogP contribution in [0.5, 0.6) is 28.7 Å². The van der Waals surface area contributed by atoms with E-state index in [9.17, 15) is 60.7 Å². The van der Waals surface area contributed by atoms with Crippen molar-refractivity contribution in [2.24, 2.45) is 0 Å². The van der Waals surface area contributed by atoms with Crippen LogP contribution in [0.1, 0.15) is 5.56 Å². The first-order valence-corrected chi connectivity index (χ1v) is 16.4. The Balaban J connectivity index is 1.26. The molecule has 3 aromatic carbocycles. The van der Waals surface area contributed by atoms with Crippen LogP contribution in [0, 0.1) is 0 Å². The molecule has 0 aliphatic carbocycles. The van der Waals surface area contributed by atoms with E-state index in [0.717, 1.165) is 18.2 Å². The van der Waals surface area contributed by atoms with Gasteiger partial charge < -0.3 is 79.2 Å². The highest BCUT2D eigenvalue weighted by Gasteiger charge is 2.47. The van der Waals surface area contributed by atoms with E-state index in [1.165, 1.54) is 42.5 Å². The fourth-order valence-corrected chi connectivity index (χ4v) is 5.78. The molecule has 6 rings (SSSR count). The Labute approximate surface area is 304 Å². The summed E-state index contributed by atoms with van der Waals surface area (Å²) in [6, 6.07) is 13.2. The number of carbonyl (C=O) groups is 1. The van der Waals surface area contributed by atoms with Gasteiger partial charge >= 0.3 is 5.97 Å². The number of phenolic OH excluding ortho intramolecular Hbond substituents is 3. The van der Waals surface area contributed by atoms with Gasteiger partial charge in [-0.25, -0.2) is 4.79 Å². The lowest BCUT2D eigenvalue weighted by Gasteiger charge is -2.39. The fourth-order valence-electron chi connectivity index (χ4n) is 5.78. The van der Waals surface area contributed by atoms with Crippen molar-refractivity contribution >= 4 is 23.0 Å². The van der Waals surface area contributed by atoms with Crippen LogP contribution in [0.3, 0.4) is 0 Å². The molecule has 0 radical (unpaired) electrons. The van der Waals surface area contributed by atoms with Crippen LogP contribution >= 0.6 is 0 Å². The number of aliphatic hydroxyl groups is 7. The number of fused-ring (bicyclic) bond motifs is 1. The molecule has 288 valence electrons. The molecule has 10 atom stereocenters. The number of phenols is 3. The van der Waals surface area contributed by atoms with Crippen molar-refractivity contribution in [3.63, 3.8) is 0 Å². The first-order valence-electron chi connectivity index (χ1n) is 16.4. The van der Waals surface area contributed by atoms with Crippen LogP contribution in [0.4, 0.5) is 0 Å². The van der Waals surface area contributed by atoms with E-state index in [0.29, 0.717) is 5.56 Å². The quantitative estimate of drug-likeness (QED) is 0.0700. The zero-order chi connectivity index (χ0) is 38.8. The third-order valence-corrected chi connectivity index (χ3v) is 8.73. The number of aromatic hydroxyl groups is 3. The third-order valence-electron chi connectivity index (χ3n) is 8.73. The number of esters is 1. The first-order chi connectivity index (χ1) is 25.7. The maximum Gasteiger partial charge on any atom is 0.330 e. The monoisotopic (exact) mass is 756 g/mol. The summed E-state index contributed by atoms with van der Waals surface area (Å²) < 4.78 is 33.5. The minimum atomic E-state index is -1.98. The summed E-state index contributed by atoms with van der Waals surface area (Å²) >= 11 is 0. The molecule has 6 unspecified atom stereocenters. The molecule has 10 N–H and O–H groups in total. The smallest absolute Gasteiger partial charge is 0.330 e. The highest BCUT2D eigenvalue weighted by atomic mass is 16.7. The zero-order valence-electron chi connectivity index (χ0n) is 27.9. The van der Waals surface area contributed by atoms with Crippen molar-refractivity contribution in [3.8, 4) is 40.1 Å². The van der Waals surface area contributed by atoms with Gasteiger partial charge in [-0.15, -0.1) is 0 Å².